The quantitative estimate of drug-likeness (QED) is 0.771. The van der Waals surface area contributed by atoms with E-state index in [2.05, 4.69) is 28.9 Å². The monoisotopic (exact) mass is 253 g/mol. The minimum absolute atomic E-state index is 0.580. The molecule has 0 saturated carbocycles. The summed E-state index contributed by atoms with van der Waals surface area (Å²) in [5.74, 6) is 0. The highest BCUT2D eigenvalue weighted by Crippen LogP contribution is 2.16. The molecule has 17 heavy (non-hydrogen) atoms. The van der Waals surface area contributed by atoms with Crippen molar-refractivity contribution in [1.29, 1.82) is 0 Å². The van der Waals surface area contributed by atoms with E-state index in [-0.39, 0.29) is 0 Å². The third-order valence-corrected chi connectivity index (χ3v) is 3.65. The van der Waals surface area contributed by atoms with Crippen LogP contribution in [0, 0.1) is 0 Å². The van der Waals surface area contributed by atoms with Gasteiger partial charge in [-0.1, -0.05) is 11.6 Å². The van der Waals surface area contributed by atoms with E-state index in [1.54, 1.807) is 6.20 Å². The smallest absolute Gasteiger partial charge is 0.129 e. The third-order valence-electron chi connectivity index (χ3n) is 3.45. The summed E-state index contributed by atoms with van der Waals surface area (Å²) in [6, 6.07) is 4.64. The van der Waals surface area contributed by atoms with Gasteiger partial charge in [0.25, 0.3) is 0 Å². The molecule has 0 amide bonds. The standard InChI is InChI=1S/C13H20ClN3/c1-16-7-3-4-12(10-16)17(2)9-11-5-6-15-13(14)8-11/h5-6,8,12H,3-4,7,9-10H2,1-2H3. The number of aromatic nitrogens is 1. The van der Waals surface area contributed by atoms with Crippen molar-refractivity contribution in [3.05, 3.63) is 29.0 Å². The van der Waals surface area contributed by atoms with Gasteiger partial charge < -0.3 is 4.90 Å². The first-order valence-electron chi connectivity index (χ1n) is 6.14. The fraction of sp³-hybridized carbons (Fsp3) is 0.615. The van der Waals surface area contributed by atoms with Crippen LogP contribution < -0.4 is 0 Å². The molecule has 1 aromatic heterocycles. The molecule has 0 aromatic carbocycles. The van der Waals surface area contributed by atoms with Gasteiger partial charge in [-0.15, -0.1) is 0 Å². The van der Waals surface area contributed by atoms with Crippen molar-refractivity contribution in [2.45, 2.75) is 25.4 Å². The van der Waals surface area contributed by atoms with Crippen molar-refractivity contribution in [2.75, 3.05) is 27.2 Å². The first-order valence-corrected chi connectivity index (χ1v) is 6.52. The lowest BCUT2D eigenvalue weighted by atomic mass is 10.0. The maximum Gasteiger partial charge on any atom is 0.129 e. The predicted molar refractivity (Wildman–Crippen MR) is 71.2 cm³/mol. The van der Waals surface area contributed by atoms with E-state index in [0.717, 1.165) is 13.1 Å². The van der Waals surface area contributed by atoms with Gasteiger partial charge in [0.15, 0.2) is 0 Å². The van der Waals surface area contributed by atoms with E-state index in [1.165, 1.54) is 24.9 Å². The van der Waals surface area contributed by atoms with Crippen LogP contribution in [0.3, 0.4) is 0 Å². The van der Waals surface area contributed by atoms with Crippen LogP contribution in [-0.2, 0) is 6.54 Å². The van der Waals surface area contributed by atoms with Crippen LogP contribution in [-0.4, -0.2) is 48.0 Å². The minimum Gasteiger partial charge on any atom is -0.305 e. The van der Waals surface area contributed by atoms with Crippen molar-refractivity contribution in [1.82, 2.24) is 14.8 Å². The van der Waals surface area contributed by atoms with Crippen LogP contribution >= 0.6 is 11.6 Å². The van der Waals surface area contributed by atoms with E-state index in [1.807, 2.05) is 12.1 Å². The van der Waals surface area contributed by atoms with Crippen LogP contribution in [0.15, 0.2) is 18.3 Å². The lowest BCUT2D eigenvalue weighted by Gasteiger charge is -2.35. The first kappa shape index (κ1) is 12.8. The van der Waals surface area contributed by atoms with Gasteiger partial charge in [0.05, 0.1) is 0 Å². The van der Waals surface area contributed by atoms with Gasteiger partial charge in [-0.25, -0.2) is 4.98 Å². The second-order valence-electron chi connectivity index (χ2n) is 4.96. The predicted octanol–water partition coefficient (Wildman–Crippen LogP) is 2.26. The molecule has 1 saturated heterocycles. The number of piperidine rings is 1. The van der Waals surface area contributed by atoms with Crippen LogP contribution in [0.5, 0.6) is 0 Å². The third kappa shape index (κ3) is 3.66. The second-order valence-corrected chi connectivity index (χ2v) is 5.35. The topological polar surface area (TPSA) is 19.4 Å². The molecule has 2 heterocycles. The van der Waals surface area contributed by atoms with Crippen LogP contribution in [0.2, 0.25) is 5.15 Å². The van der Waals surface area contributed by atoms with Crippen LogP contribution in [0.1, 0.15) is 18.4 Å². The zero-order valence-electron chi connectivity index (χ0n) is 10.6. The summed E-state index contributed by atoms with van der Waals surface area (Å²) in [7, 11) is 4.39. The zero-order valence-corrected chi connectivity index (χ0v) is 11.3. The Morgan fingerprint density at radius 1 is 1.59 bits per heavy atom. The summed E-state index contributed by atoms with van der Waals surface area (Å²) in [5.41, 5.74) is 1.24. The Morgan fingerprint density at radius 3 is 3.12 bits per heavy atom. The van der Waals surface area contributed by atoms with Crippen LogP contribution in [0.4, 0.5) is 0 Å². The SMILES string of the molecule is CN1CCCC(N(C)Cc2ccnc(Cl)c2)C1. The van der Waals surface area contributed by atoms with Crippen molar-refractivity contribution in [2.24, 2.45) is 0 Å². The van der Waals surface area contributed by atoms with E-state index >= 15 is 0 Å². The average Bonchev–Trinajstić information content (AvgIpc) is 2.29. The summed E-state index contributed by atoms with van der Waals surface area (Å²) in [6.07, 6.45) is 4.36. The summed E-state index contributed by atoms with van der Waals surface area (Å²) >= 11 is 5.90. The number of hydrogen-bond donors (Lipinski definition) is 0. The largest absolute Gasteiger partial charge is 0.305 e. The highest BCUT2D eigenvalue weighted by atomic mass is 35.5. The molecule has 4 heteroatoms. The number of hydrogen-bond acceptors (Lipinski definition) is 3. The van der Waals surface area contributed by atoms with E-state index in [0.29, 0.717) is 11.2 Å². The molecule has 0 bridgehead atoms. The minimum atomic E-state index is 0.580. The molecule has 2 rings (SSSR count). The van der Waals surface area contributed by atoms with Crippen molar-refractivity contribution in [3.63, 3.8) is 0 Å². The maximum atomic E-state index is 5.90. The molecule has 0 spiro atoms. The molecular formula is C13H20ClN3. The Hall–Kier alpha value is -0.640. The number of pyridine rings is 1. The number of nitrogens with zero attached hydrogens (tertiary/aromatic N) is 3. The summed E-state index contributed by atoms with van der Waals surface area (Å²) in [6.45, 7) is 3.33. The first-order chi connectivity index (χ1) is 8.15. The molecule has 1 aliphatic heterocycles. The van der Waals surface area contributed by atoms with E-state index in [4.69, 9.17) is 11.6 Å². The summed E-state index contributed by atoms with van der Waals surface area (Å²) in [4.78, 5) is 8.84. The number of halogens is 1. The Kier molecular flexibility index (Phi) is 4.37. The highest BCUT2D eigenvalue weighted by Gasteiger charge is 2.20. The summed E-state index contributed by atoms with van der Waals surface area (Å²) < 4.78 is 0. The Balaban J connectivity index is 1.94. The van der Waals surface area contributed by atoms with Gasteiger partial charge in [0.2, 0.25) is 0 Å². The summed E-state index contributed by atoms with van der Waals surface area (Å²) in [5, 5.41) is 0.580. The van der Waals surface area contributed by atoms with E-state index in [9.17, 15) is 0 Å². The fourth-order valence-corrected chi connectivity index (χ4v) is 2.65. The van der Waals surface area contributed by atoms with E-state index < -0.39 is 0 Å². The Morgan fingerprint density at radius 2 is 2.41 bits per heavy atom. The number of likely N-dealkylation sites (tertiary alicyclic amines) is 1. The van der Waals surface area contributed by atoms with Crippen molar-refractivity contribution >= 4 is 11.6 Å². The highest BCUT2D eigenvalue weighted by molar-refractivity contribution is 6.29. The lowest BCUT2D eigenvalue weighted by Crippen LogP contribution is -2.44. The van der Waals surface area contributed by atoms with Gasteiger partial charge >= 0.3 is 0 Å². The fourth-order valence-electron chi connectivity index (χ4n) is 2.46. The Bertz CT molecular complexity index is 369. The molecule has 0 N–H and O–H groups in total. The second kappa shape index (κ2) is 5.80. The number of rotatable bonds is 3. The maximum absolute atomic E-state index is 5.90. The number of likely N-dealkylation sites (N-methyl/N-ethyl adjacent to an activating group) is 2. The average molecular weight is 254 g/mol. The molecule has 3 nitrogen and oxygen atoms in total. The molecule has 1 atom stereocenters. The molecule has 1 fully saturated rings. The van der Waals surface area contributed by atoms with Crippen LogP contribution in [0.25, 0.3) is 0 Å². The molecule has 1 aliphatic rings. The van der Waals surface area contributed by atoms with Gasteiger partial charge in [-0.3, -0.25) is 4.90 Å². The van der Waals surface area contributed by atoms with Gasteiger partial charge in [0, 0.05) is 25.3 Å². The van der Waals surface area contributed by atoms with Gasteiger partial charge in [-0.05, 0) is 51.2 Å². The van der Waals surface area contributed by atoms with Crippen molar-refractivity contribution < 1.29 is 0 Å². The van der Waals surface area contributed by atoms with Gasteiger partial charge in [-0.2, -0.15) is 0 Å². The normalized spacial score (nSPS) is 22.0. The molecule has 1 unspecified atom stereocenters. The molecular weight excluding hydrogens is 234 g/mol. The molecule has 0 aliphatic carbocycles. The molecule has 1 aromatic rings. The lowest BCUT2D eigenvalue weighted by molar-refractivity contribution is 0.129. The molecule has 94 valence electrons. The van der Waals surface area contributed by atoms with Crippen molar-refractivity contribution in [3.8, 4) is 0 Å². The molecule has 0 radical (unpaired) electrons. The van der Waals surface area contributed by atoms with Gasteiger partial charge in [0.1, 0.15) is 5.15 Å². The zero-order chi connectivity index (χ0) is 12.3. The Labute approximate surface area is 108 Å².